The molecule has 0 aliphatic carbocycles. The number of thioether (sulfide) groups is 1. The summed E-state index contributed by atoms with van der Waals surface area (Å²) in [5.74, 6) is 0.437. The van der Waals surface area contributed by atoms with Crippen LogP contribution in [-0.2, 0) is 4.79 Å². The van der Waals surface area contributed by atoms with E-state index in [0.29, 0.717) is 38.3 Å². The predicted molar refractivity (Wildman–Crippen MR) is 116 cm³/mol. The highest BCUT2D eigenvalue weighted by Crippen LogP contribution is 2.32. The van der Waals surface area contributed by atoms with Crippen molar-refractivity contribution in [2.24, 2.45) is 0 Å². The van der Waals surface area contributed by atoms with E-state index in [2.05, 4.69) is 15.3 Å². The molecular weight excluding hydrogens is 437 g/mol. The maximum atomic E-state index is 12.2. The number of thiazole rings is 1. The van der Waals surface area contributed by atoms with Gasteiger partial charge < -0.3 is 9.73 Å². The molecule has 2 aromatic carbocycles. The lowest BCUT2D eigenvalue weighted by molar-refractivity contribution is -0.115. The van der Waals surface area contributed by atoms with E-state index in [0.717, 1.165) is 16.7 Å². The predicted octanol–water partition coefficient (Wildman–Crippen LogP) is 6.38. The number of halogens is 2. The van der Waals surface area contributed by atoms with Crippen LogP contribution < -0.4 is 5.32 Å². The first-order valence-corrected chi connectivity index (χ1v) is 10.9. The van der Waals surface area contributed by atoms with Crippen molar-refractivity contribution < 1.29 is 9.21 Å². The summed E-state index contributed by atoms with van der Waals surface area (Å²) in [7, 11) is 0. The Balaban J connectivity index is 1.32. The lowest BCUT2D eigenvalue weighted by Gasteiger charge is -2.02. The summed E-state index contributed by atoms with van der Waals surface area (Å²) in [6.07, 6.45) is 0.319. The van der Waals surface area contributed by atoms with Crippen LogP contribution >= 0.6 is 46.3 Å². The third-order valence-electron chi connectivity index (χ3n) is 3.79. The van der Waals surface area contributed by atoms with E-state index in [9.17, 15) is 4.79 Å². The highest BCUT2D eigenvalue weighted by molar-refractivity contribution is 7.99. The number of amides is 1. The van der Waals surface area contributed by atoms with Crippen LogP contribution in [0.15, 0.2) is 57.5 Å². The number of nitrogens with one attached hydrogen (secondary N) is 1. The molecule has 4 rings (SSSR count). The van der Waals surface area contributed by atoms with Gasteiger partial charge in [0.15, 0.2) is 10.7 Å². The minimum Gasteiger partial charge on any atom is -0.431 e. The van der Waals surface area contributed by atoms with Crippen molar-refractivity contribution in [2.45, 2.75) is 11.6 Å². The molecule has 2 heterocycles. The molecule has 0 aliphatic rings. The Morgan fingerprint density at radius 3 is 2.86 bits per heavy atom. The van der Waals surface area contributed by atoms with E-state index in [-0.39, 0.29) is 5.91 Å². The van der Waals surface area contributed by atoms with Crippen molar-refractivity contribution in [1.29, 1.82) is 0 Å². The summed E-state index contributed by atoms with van der Waals surface area (Å²) in [4.78, 5) is 21.0. The third kappa shape index (κ3) is 4.50. The minimum atomic E-state index is -0.119. The number of nitrogens with zero attached hydrogens (tertiary/aromatic N) is 2. The fraction of sp³-hybridized carbons (Fsp3) is 0.105. The van der Waals surface area contributed by atoms with E-state index in [1.54, 1.807) is 12.1 Å². The van der Waals surface area contributed by atoms with E-state index in [4.69, 9.17) is 27.6 Å². The second kappa shape index (κ2) is 8.53. The second-order valence-corrected chi connectivity index (χ2v) is 8.50. The van der Waals surface area contributed by atoms with Crippen LogP contribution in [0.2, 0.25) is 10.0 Å². The molecule has 0 bridgehead atoms. The monoisotopic (exact) mass is 449 g/mol. The van der Waals surface area contributed by atoms with Gasteiger partial charge in [0, 0.05) is 28.1 Å². The molecule has 0 radical (unpaired) electrons. The Morgan fingerprint density at radius 1 is 1.18 bits per heavy atom. The van der Waals surface area contributed by atoms with Crippen LogP contribution in [0.3, 0.4) is 0 Å². The van der Waals surface area contributed by atoms with Crippen molar-refractivity contribution in [3.05, 3.63) is 57.9 Å². The molecule has 0 aliphatic heterocycles. The summed E-state index contributed by atoms with van der Waals surface area (Å²) in [6.45, 7) is 0. The number of hydrogen-bond acceptors (Lipinski definition) is 6. The van der Waals surface area contributed by atoms with Crippen molar-refractivity contribution >= 4 is 68.4 Å². The second-order valence-electron chi connectivity index (χ2n) is 5.76. The Bertz CT molecular complexity index is 1110. The van der Waals surface area contributed by atoms with Gasteiger partial charge in [0.2, 0.25) is 5.91 Å². The molecule has 28 heavy (non-hydrogen) atoms. The van der Waals surface area contributed by atoms with Crippen molar-refractivity contribution in [3.63, 3.8) is 0 Å². The standard InChI is InChI=1S/C19H13Cl2N3O2S2/c20-11-5-6-12(13(21)9-11)15-10-28-18(22-15)24-17(25)7-8-27-19-23-14-3-1-2-4-16(14)26-19/h1-6,9-10H,7-8H2,(H,22,24,25). The Morgan fingerprint density at radius 2 is 2.04 bits per heavy atom. The molecule has 5 nitrogen and oxygen atoms in total. The van der Waals surface area contributed by atoms with Crippen LogP contribution in [0.25, 0.3) is 22.4 Å². The highest BCUT2D eigenvalue weighted by Gasteiger charge is 2.12. The number of aromatic nitrogens is 2. The first-order chi connectivity index (χ1) is 13.6. The SMILES string of the molecule is O=C(CCSc1nc2ccccc2o1)Nc1nc(-c2ccc(Cl)cc2Cl)cs1. The van der Waals surface area contributed by atoms with Crippen molar-refractivity contribution in [2.75, 3.05) is 11.1 Å². The average molecular weight is 450 g/mol. The lowest BCUT2D eigenvalue weighted by atomic mass is 10.2. The molecule has 0 spiro atoms. The number of para-hydroxylation sites is 2. The molecule has 2 aromatic heterocycles. The number of fused-ring (bicyclic) bond motifs is 1. The van der Waals surface area contributed by atoms with Gasteiger partial charge in [0.1, 0.15) is 5.52 Å². The van der Waals surface area contributed by atoms with Gasteiger partial charge >= 0.3 is 0 Å². The molecule has 0 unspecified atom stereocenters. The number of rotatable bonds is 6. The number of benzene rings is 2. The number of hydrogen-bond donors (Lipinski definition) is 1. The van der Waals surface area contributed by atoms with Gasteiger partial charge in [-0.05, 0) is 30.3 Å². The molecule has 0 atom stereocenters. The molecule has 0 saturated carbocycles. The molecular formula is C19H13Cl2N3O2S2. The van der Waals surface area contributed by atoms with Gasteiger partial charge in [0.25, 0.3) is 5.22 Å². The van der Waals surface area contributed by atoms with E-state index in [1.165, 1.54) is 23.1 Å². The zero-order chi connectivity index (χ0) is 19.5. The van der Waals surface area contributed by atoms with Crippen LogP contribution in [0.1, 0.15) is 6.42 Å². The van der Waals surface area contributed by atoms with Crippen molar-refractivity contribution in [3.8, 4) is 11.3 Å². The van der Waals surface area contributed by atoms with E-state index < -0.39 is 0 Å². The zero-order valence-electron chi connectivity index (χ0n) is 14.3. The smallest absolute Gasteiger partial charge is 0.256 e. The van der Waals surface area contributed by atoms with E-state index >= 15 is 0 Å². The first kappa shape index (κ1) is 19.3. The van der Waals surface area contributed by atoms with E-state index in [1.807, 2.05) is 35.7 Å². The van der Waals surface area contributed by atoms with Gasteiger partial charge in [-0.25, -0.2) is 9.97 Å². The number of oxazole rings is 1. The summed E-state index contributed by atoms with van der Waals surface area (Å²) in [5.41, 5.74) is 3.02. The molecule has 9 heteroatoms. The maximum absolute atomic E-state index is 12.2. The first-order valence-electron chi connectivity index (χ1n) is 8.28. The molecule has 4 aromatic rings. The Labute approximate surface area is 179 Å². The molecule has 1 amide bonds. The normalized spacial score (nSPS) is 11.1. The maximum Gasteiger partial charge on any atom is 0.256 e. The molecule has 142 valence electrons. The summed E-state index contributed by atoms with van der Waals surface area (Å²) >= 11 is 14.9. The minimum absolute atomic E-state index is 0.119. The third-order valence-corrected chi connectivity index (χ3v) is 5.92. The van der Waals surface area contributed by atoms with Gasteiger partial charge in [-0.15, -0.1) is 11.3 Å². The van der Waals surface area contributed by atoms with Gasteiger partial charge in [0.05, 0.1) is 10.7 Å². The molecule has 0 fully saturated rings. The van der Waals surface area contributed by atoms with Crippen LogP contribution in [0, 0.1) is 0 Å². The Kier molecular flexibility index (Phi) is 5.87. The van der Waals surface area contributed by atoms with Crippen LogP contribution in [0.5, 0.6) is 0 Å². The fourth-order valence-corrected chi connectivity index (χ4v) is 4.48. The molecule has 1 N–H and O–H groups in total. The summed E-state index contributed by atoms with van der Waals surface area (Å²) in [6, 6.07) is 12.8. The topological polar surface area (TPSA) is 68.0 Å². The van der Waals surface area contributed by atoms with Gasteiger partial charge in [-0.3, -0.25) is 4.79 Å². The molecule has 0 saturated heterocycles. The van der Waals surface area contributed by atoms with Crippen LogP contribution in [-0.4, -0.2) is 21.6 Å². The average Bonchev–Trinajstić information content (AvgIpc) is 3.28. The zero-order valence-corrected chi connectivity index (χ0v) is 17.5. The number of carbonyl (C=O) groups excluding carboxylic acids is 1. The Hall–Kier alpha value is -2.06. The summed E-state index contributed by atoms with van der Waals surface area (Å²) in [5, 5.41) is 6.82. The largest absolute Gasteiger partial charge is 0.431 e. The highest BCUT2D eigenvalue weighted by atomic mass is 35.5. The van der Waals surface area contributed by atoms with Crippen molar-refractivity contribution in [1.82, 2.24) is 9.97 Å². The fourth-order valence-electron chi connectivity index (χ4n) is 2.48. The van der Waals surface area contributed by atoms with Crippen LogP contribution in [0.4, 0.5) is 5.13 Å². The quantitative estimate of drug-likeness (QED) is 0.345. The summed E-state index contributed by atoms with van der Waals surface area (Å²) < 4.78 is 5.63. The van der Waals surface area contributed by atoms with Gasteiger partial charge in [-0.2, -0.15) is 0 Å². The number of anilines is 1. The van der Waals surface area contributed by atoms with Gasteiger partial charge in [-0.1, -0.05) is 47.1 Å². The lowest BCUT2D eigenvalue weighted by Crippen LogP contribution is -2.11. The number of carbonyl (C=O) groups is 1.